The molecule has 0 saturated heterocycles. The molecule has 3 nitrogen and oxygen atoms in total. The highest BCUT2D eigenvalue weighted by molar-refractivity contribution is 9.10. The van der Waals surface area contributed by atoms with Crippen molar-refractivity contribution in [1.82, 2.24) is 0 Å². The van der Waals surface area contributed by atoms with E-state index < -0.39 is 5.72 Å². The van der Waals surface area contributed by atoms with Gasteiger partial charge in [0.1, 0.15) is 5.69 Å². The first-order valence-corrected chi connectivity index (χ1v) is 10.5. The Kier molecular flexibility index (Phi) is 4.65. The van der Waals surface area contributed by atoms with Gasteiger partial charge in [0, 0.05) is 15.8 Å². The Morgan fingerprint density at radius 2 is 1.88 bits per heavy atom. The average Bonchev–Trinajstić information content (AvgIpc) is 2.97. The van der Waals surface area contributed by atoms with Gasteiger partial charge < -0.3 is 5.11 Å². The normalized spacial score (nSPS) is 23.1. The van der Waals surface area contributed by atoms with Gasteiger partial charge in [-0.25, -0.2) is 9.48 Å². The van der Waals surface area contributed by atoms with Gasteiger partial charge in [0.25, 0.3) is 5.72 Å². The maximum atomic E-state index is 11.6. The maximum Gasteiger partial charge on any atom is 0.316 e. The van der Waals surface area contributed by atoms with E-state index in [1.165, 1.54) is 10.7 Å². The van der Waals surface area contributed by atoms with Gasteiger partial charge in [-0.15, -0.1) is 0 Å². The first-order valence-electron chi connectivity index (χ1n) is 8.74. The van der Waals surface area contributed by atoms with Crippen molar-refractivity contribution in [1.29, 1.82) is 0 Å². The lowest BCUT2D eigenvalue weighted by molar-refractivity contribution is -0.656. The summed E-state index contributed by atoms with van der Waals surface area (Å²) >= 11 is 5.33. The molecule has 0 bridgehead atoms. The van der Waals surface area contributed by atoms with Crippen molar-refractivity contribution >= 4 is 38.5 Å². The van der Waals surface area contributed by atoms with Crippen LogP contribution in [0, 0.1) is 0 Å². The fraction of sp³-hybridized carbons (Fsp3) is 0.350. The minimum Gasteiger partial charge on any atom is -0.346 e. The summed E-state index contributed by atoms with van der Waals surface area (Å²) in [5.41, 5.74) is 2.46. The van der Waals surface area contributed by atoms with E-state index in [2.05, 4.69) is 56.6 Å². The van der Waals surface area contributed by atoms with E-state index in [0.717, 1.165) is 40.9 Å². The molecule has 0 aromatic heterocycles. The van der Waals surface area contributed by atoms with Crippen molar-refractivity contribution < 1.29 is 9.68 Å². The first kappa shape index (κ1) is 17.1. The van der Waals surface area contributed by atoms with Gasteiger partial charge in [0.05, 0.1) is 6.54 Å². The third-order valence-corrected chi connectivity index (χ3v) is 6.73. The van der Waals surface area contributed by atoms with Crippen LogP contribution in [0.5, 0.6) is 0 Å². The molecule has 2 aliphatic rings. The smallest absolute Gasteiger partial charge is 0.316 e. The Morgan fingerprint density at radius 3 is 2.56 bits per heavy atom. The van der Waals surface area contributed by atoms with Crippen LogP contribution >= 0.6 is 27.7 Å². The predicted molar refractivity (Wildman–Crippen MR) is 108 cm³/mol. The van der Waals surface area contributed by atoms with Crippen LogP contribution in [-0.4, -0.2) is 33.7 Å². The van der Waals surface area contributed by atoms with Crippen molar-refractivity contribution in [2.24, 2.45) is 0 Å². The summed E-state index contributed by atoms with van der Waals surface area (Å²) in [7, 11) is 0. The number of halogens is 1. The maximum absolute atomic E-state index is 11.6. The molecular formula is C20H22BrN2OS+. The van der Waals surface area contributed by atoms with Crippen LogP contribution in [0.4, 0.5) is 5.69 Å². The molecule has 4 rings (SSSR count). The van der Waals surface area contributed by atoms with Gasteiger partial charge >= 0.3 is 5.17 Å². The molecule has 25 heavy (non-hydrogen) atoms. The molecule has 0 fully saturated rings. The van der Waals surface area contributed by atoms with Crippen LogP contribution in [0.3, 0.4) is 0 Å². The number of β-amino-alcohol motifs (C(OH)–C–C–N with tert-alkyl or cyclic N) is 1. The van der Waals surface area contributed by atoms with Gasteiger partial charge in [-0.2, -0.15) is 0 Å². The molecular weight excluding hydrogens is 396 g/mol. The Bertz CT molecular complexity index is 803. The number of hydrogen-bond acceptors (Lipinski definition) is 3. The number of nitrogens with zero attached hydrogens (tertiary/aromatic N) is 2. The highest BCUT2D eigenvalue weighted by atomic mass is 79.9. The monoisotopic (exact) mass is 417 g/mol. The van der Waals surface area contributed by atoms with E-state index in [1.807, 2.05) is 36.0 Å². The molecule has 2 heterocycles. The number of hydrogen-bond donors (Lipinski definition) is 1. The molecule has 0 amide bonds. The highest BCUT2D eigenvalue weighted by Crippen LogP contribution is 2.37. The van der Waals surface area contributed by atoms with Crippen molar-refractivity contribution in [2.45, 2.75) is 25.5 Å². The van der Waals surface area contributed by atoms with Crippen molar-refractivity contribution in [3.05, 3.63) is 64.1 Å². The largest absolute Gasteiger partial charge is 0.346 e. The molecule has 1 N–H and O–H groups in total. The number of thioether (sulfide) groups is 1. The number of aliphatic hydroxyl groups is 1. The molecule has 2 aromatic carbocycles. The van der Waals surface area contributed by atoms with Crippen LogP contribution in [0.1, 0.15) is 24.5 Å². The van der Waals surface area contributed by atoms with E-state index in [-0.39, 0.29) is 0 Å². The number of anilines is 1. The van der Waals surface area contributed by atoms with Gasteiger partial charge in [-0.3, -0.25) is 0 Å². The van der Waals surface area contributed by atoms with E-state index >= 15 is 0 Å². The van der Waals surface area contributed by atoms with Gasteiger partial charge in [0.15, 0.2) is 6.54 Å². The molecule has 2 aromatic rings. The fourth-order valence-corrected chi connectivity index (χ4v) is 5.02. The Balaban J connectivity index is 1.75. The third-order valence-electron chi connectivity index (χ3n) is 5.01. The zero-order valence-electron chi connectivity index (χ0n) is 14.3. The Hall–Kier alpha value is -1.30. The van der Waals surface area contributed by atoms with Crippen LogP contribution in [-0.2, 0) is 12.1 Å². The second-order valence-electron chi connectivity index (χ2n) is 6.57. The van der Waals surface area contributed by atoms with Crippen LogP contribution < -0.4 is 4.90 Å². The van der Waals surface area contributed by atoms with Crippen LogP contribution in [0.15, 0.2) is 53.0 Å². The van der Waals surface area contributed by atoms with E-state index in [9.17, 15) is 5.11 Å². The summed E-state index contributed by atoms with van der Waals surface area (Å²) in [6.45, 7) is 3.62. The molecule has 5 heteroatoms. The number of amidine groups is 1. The second kappa shape index (κ2) is 6.78. The molecule has 0 aliphatic carbocycles. The average molecular weight is 418 g/mol. The summed E-state index contributed by atoms with van der Waals surface area (Å²) in [5.74, 6) is 1.10. The first-order chi connectivity index (χ1) is 12.1. The van der Waals surface area contributed by atoms with Crippen LogP contribution in [0.25, 0.3) is 0 Å². The Labute approximate surface area is 161 Å². The summed E-state index contributed by atoms with van der Waals surface area (Å²) in [6.07, 6.45) is 2.14. The second-order valence-corrected chi connectivity index (χ2v) is 8.54. The molecule has 2 aliphatic heterocycles. The zero-order valence-corrected chi connectivity index (χ0v) is 16.7. The standard InChI is InChI=1S/C20H22BrN2OS/c1-2-15-4-10-18(11-5-15)22-14-20(24,16-6-8-17(21)9-7-16)23-12-3-13-25-19(22)23/h4-11,24H,2-3,12-14H2,1H3/q+1. The lowest BCUT2D eigenvalue weighted by Crippen LogP contribution is -2.41. The van der Waals surface area contributed by atoms with Gasteiger partial charge in [-0.05, 0) is 54.4 Å². The highest BCUT2D eigenvalue weighted by Gasteiger charge is 2.53. The molecule has 1 atom stereocenters. The number of aryl methyl sites for hydroxylation is 1. The molecule has 0 spiro atoms. The van der Waals surface area contributed by atoms with Crippen molar-refractivity contribution in [2.75, 3.05) is 23.7 Å². The van der Waals surface area contributed by atoms with E-state index in [4.69, 9.17) is 0 Å². The molecule has 0 radical (unpaired) electrons. The van der Waals surface area contributed by atoms with E-state index in [1.54, 1.807) is 0 Å². The summed E-state index contributed by atoms with van der Waals surface area (Å²) < 4.78 is 3.21. The lowest BCUT2D eigenvalue weighted by atomic mass is 10.0. The third kappa shape index (κ3) is 3.03. The molecule has 130 valence electrons. The van der Waals surface area contributed by atoms with Gasteiger partial charge in [0.2, 0.25) is 0 Å². The minimum absolute atomic E-state index is 0.558. The molecule has 0 saturated carbocycles. The van der Waals surface area contributed by atoms with E-state index in [0.29, 0.717) is 6.54 Å². The molecule has 1 unspecified atom stereocenters. The van der Waals surface area contributed by atoms with Gasteiger partial charge in [-0.1, -0.05) is 47.1 Å². The van der Waals surface area contributed by atoms with Crippen molar-refractivity contribution in [3.63, 3.8) is 0 Å². The lowest BCUT2D eigenvalue weighted by Gasteiger charge is -2.24. The number of benzene rings is 2. The fourth-order valence-electron chi connectivity index (χ4n) is 3.58. The summed E-state index contributed by atoms with van der Waals surface area (Å²) in [4.78, 5) is 2.27. The minimum atomic E-state index is -0.979. The zero-order chi connectivity index (χ0) is 17.4. The SMILES string of the molecule is CCc1ccc(N2CC(O)(c3ccc(Br)cc3)[N+]3=C2SCCC3)cc1. The quantitative estimate of drug-likeness (QED) is 0.758. The van der Waals surface area contributed by atoms with Crippen molar-refractivity contribution in [3.8, 4) is 0 Å². The Morgan fingerprint density at radius 1 is 1.16 bits per heavy atom. The summed E-state index contributed by atoms with van der Waals surface area (Å²) in [5, 5.41) is 12.8. The number of rotatable bonds is 3. The topological polar surface area (TPSA) is 26.5 Å². The predicted octanol–water partition coefficient (Wildman–Crippen LogP) is 4.18. The van der Waals surface area contributed by atoms with Crippen LogP contribution in [0.2, 0.25) is 0 Å². The summed E-state index contributed by atoms with van der Waals surface area (Å²) in [6, 6.07) is 16.8.